The monoisotopic (exact) mass is 308 g/mol. The summed E-state index contributed by atoms with van der Waals surface area (Å²) in [6, 6.07) is 5.48. The first-order valence-corrected chi connectivity index (χ1v) is 7.44. The molecule has 0 spiro atoms. The second kappa shape index (κ2) is 6.65. The molecule has 19 heavy (non-hydrogen) atoms. The van der Waals surface area contributed by atoms with Crippen LogP contribution in [0.4, 0.5) is 4.39 Å². The molecular formula is C12H18ClFN2O2S. The molecule has 4 nitrogen and oxygen atoms in total. The normalized spacial score (nSPS) is 18.0. The molecule has 0 amide bonds. The molecule has 0 bridgehead atoms. The van der Waals surface area contributed by atoms with E-state index in [1.807, 2.05) is 0 Å². The summed E-state index contributed by atoms with van der Waals surface area (Å²) in [4.78, 5) is -0.240. The van der Waals surface area contributed by atoms with Crippen LogP contribution in [-0.4, -0.2) is 32.4 Å². The first kappa shape index (κ1) is 16.4. The SMILES string of the molecule is Cl.NCC1CCN(S(=O)(=O)c2ccccc2F)CC1. The maximum absolute atomic E-state index is 13.6. The van der Waals surface area contributed by atoms with Gasteiger partial charge in [0.05, 0.1) is 0 Å². The molecule has 1 aliphatic heterocycles. The van der Waals surface area contributed by atoms with Crippen LogP contribution in [0.25, 0.3) is 0 Å². The van der Waals surface area contributed by atoms with Crippen molar-refractivity contribution < 1.29 is 12.8 Å². The number of hydrogen-bond donors (Lipinski definition) is 1. The van der Waals surface area contributed by atoms with Gasteiger partial charge in [-0.3, -0.25) is 0 Å². The van der Waals surface area contributed by atoms with E-state index in [4.69, 9.17) is 5.73 Å². The lowest BCUT2D eigenvalue weighted by molar-refractivity contribution is 0.278. The molecule has 0 aromatic heterocycles. The largest absolute Gasteiger partial charge is 0.330 e. The van der Waals surface area contributed by atoms with Crippen molar-refractivity contribution in [2.24, 2.45) is 11.7 Å². The summed E-state index contributed by atoms with van der Waals surface area (Å²) in [6.45, 7) is 1.41. The lowest BCUT2D eigenvalue weighted by atomic mass is 9.99. The zero-order chi connectivity index (χ0) is 13.2. The Balaban J connectivity index is 0.00000180. The second-order valence-electron chi connectivity index (χ2n) is 4.51. The summed E-state index contributed by atoms with van der Waals surface area (Å²) in [7, 11) is -3.71. The van der Waals surface area contributed by atoms with Gasteiger partial charge in [0, 0.05) is 13.1 Å². The molecule has 0 radical (unpaired) electrons. The Kier molecular flexibility index (Phi) is 5.73. The van der Waals surface area contributed by atoms with Crippen molar-refractivity contribution in [1.82, 2.24) is 4.31 Å². The van der Waals surface area contributed by atoms with E-state index in [-0.39, 0.29) is 17.3 Å². The predicted molar refractivity (Wildman–Crippen MR) is 74.2 cm³/mol. The number of nitrogens with two attached hydrogens (primary N) is 1. The van der Waals surface area contributed by atoms with Crippen LogP contribution in [0.3, 0.4) is 0 Å². The van der Waals surface area contributed by atoms with Gasteiger partial charge in [-0.1, -0.05) is 12.1 Å². The van der Waals surface area contributed by atoms with Crippen LogP contribution in [-0.2, 0) is 10.0 Å². The van der Waals surface area contributed by atoms with Gasteiger partial charge in [-0.25, -0.2) is 12.8 Å². The second-order valence-corrected chi connectivity index (χ2v) is 6.42. The summed E-state index contributed by atoms with van der Waals surface area (Å²) >= 11 is 0. The van der Waals surface area contributed by atoms with Crippen molar-refractivity contribution in [1.29, 1.82) is 0 Å². The molecule has 0 saturated carbocycles. The zero-order valence-corrected chi connectivity index (χ0v) is 12.1. The number of hydrogen-bond acceptors (Lipinski definition) is 3. The summed E-state index contributed by atoms with van der Waals surface area (Å²) < 4.78 is 39.4. The maximum atomic E-state index is 13.6. The number of benzene rings is 1. The molecule has 1 fully saturated rings. The summed E-state index contributed by atoms with van der Waals surface area (Å²) in [5.41, 5.74) is 5.57. The summed E-state index contributed by atoms with van der Waals surface area (Å²) in [6.07, 6.45) is 1.48. The molecular weight excluding hydrogens is 291 g/mol. The van der Waals surface area contributed by atoms with Gasteiger partial charge in [0.2, 0.25) is 10.0 Å². The fraction of sp³-hybridized carbons (Fsp3) is 0.500. The van der Waals surface area contributed by atoms with Gasteiger partial charge in [0.15, 0.2) is 0 Å². The Hall–Kier alpha value is -0.690. The third kappa shape index (κ3) is 3.45. The number of rotatable bonds is 3. The van der Waals surface area contributed by atoms with E-state index in [1.54, 1.807) is 0 Å². The van der Waals surface area contributed by atoms with Gasteiger partial charge in [-0.2, -0.15) is 4.31 Å². The molecule has 1 aromatic carbocycles. The molecule has 1 saturated heterocycles. The van der Waals surface area contributed by atoms with E-state index >= 15 is 0 Å². The van der Waals surface area contributed by atoms with Gasteiger partial charge in [-0.05, 0) is 37.4 Å². The van der Waals surface area contributed by atoms with E-state index in [9.17, 15) is 12.8 Å². The first-order chi connectivity index (χ1) is 8.55. The van der Waals surface area contributed by atoms with Crippen molar-refractivity contribution in [3.63, 3.8) is 0 Å². The van der Waals surface area contributed by atoms with Gasteiger partial charge in [0.1, 0.15) is 10.7 Å². The Morgan fingerprint density at radius 1 is 1.26 bits per heavy atom. The third-order valence-corrected chi connectivity index (χ3v) is 5.29. The van der Waals surface area contributed by atoms with Crippen molar-refractivity contribution in [2.45, 2.75) is 17.7 Å². The number of halogens is 2. The van der Waals surface area contributed by atoms with Crippen molar-refractivity contribution in [3.8, 4) is 0 Å². The van der Waals surface area contributed by atoms with Crippen LogP contribution >= 0.6 is 12.4 Å². The Morgan fingerprint density at radius 3 is 2.37 bits per heavy atom. The van der Waals surface area contributed by atoms with Crippen LogP contribution in [0, 0.1) is 11.7 Å². The molecule has 2 rings (SSSR count). The minimum atomic E-state index is -3.71. The molecule has 0 aliphatic carbocycles. The van der Waals surface area contributed by atoms with Crippen LogP contribution in [0.1, 0.15) is 12.8 Å². The highest BCUT2D eigenvalue weighted by molar-refractivity contribution is 7.89. The predicted octanol–water partition coefficient (Wildman–Crippen LogP) is 1.61. The van der Waals surface area contributed by atoms with Gasteiger partial charge in [-0.15, -0.1) is 12.4 Å². The van der Waals surface area contributed by atoms with E-state index in [0.29, 0.717) is 25.6 Å². The average Bonchev–Trinajstić information content (AvgIpc) is 2.39. The Morgan fingerprint density at radius 2 is 1.84 bits per heavy atom. The number of sulfonamides is 1. The smallest absolute Gasteiger partial charge is 0.245 e. The standard InChI is InChI=1S/C12H17FN2O2S.ClH/c13-11-3-1-2-4-12(11)18(16,17)15-7-5-10(9-14)6-8-15;/h1-4,10H,5-9,14H2;1H. The van der Waals surface area contributed by atoms with Crippen molar-refractivity contribution >= 4 is 22.4 Å². The molecule has 0 unspecified atom stereocenters. The Bertz CT molecular complexity index is 516. The van der Waals surface area contributed by atoms with Crippen LogP contribution in [0.15, 0.2) is 29.2 Å². The van der Waals surface area contributed by atoms with Crippen LogP contribution in [0.2, 0.25) is 0 Å². The van der Waals surface area contributed by atoms with E-state index in [0.717, 1.165) is 12.8 Å². The Labute approximate surface area is 119 Å². The first-order valence-electron chi connectivity index (χ1n) is 6.00. The lowest BCUT2D eigenvalue weighted by Gasteiger charge is -2.30. The minimum Gasteiger partial charge on any atom is -0.330 e. The van der Waals surface area contributed by atoms with E-state index in [1.165, 1.54) is 28.6 Å². The fourth-order valence-electron chi connectivity index (χ4n) is 2.18. The van der Waals surface area contributed by atoms with E-state index < -0.39 is 15.8 Å². The zero-order valence-electron chi connectivity index (χ0n) is 10.5. The minimum absolute atomic E-state index is 0. The molecule has 7 heteroatoms. The molecule has 1 aliphatic rings. The van der Waals surface area contributed by atoms with E-state index in [2.05, 4.69) is 0 Å². The number of nitrogens with zero attached hydrogens (tertiary/aromatic N) is 1. The molecule has 1 heterocycles. The topological polar surface area (TPSA) is 63.4 Å². The fourth-order valence-corrected chi connectivity index (χ4v) is 3.71. The highest BCUT2D eigenvalue weighted by Crippen LogP contribution is 2.24. The summed E-state index contributed by atoms with van der Waals surface area (Å²) in [5.74, 6) is -0.324. The average molecular weight is 309 g/mol. The van der Waals surface area contributed by atoms with Crippen LogP contribution < -0.4 is 5.73 Å². The van der Waals surface area contributed by atoms with Crippen molar-refractivity contribution in [2.75, 3.05) is 19.6 Å². The molecule has 108 valence electrons. The maximum Gasteiger partial charge on any atom is 0.245 e. The van der Waals surface area contributed by atoms with Crippen molar-refractivity contribution in [3.05, 3.63) is 30.1 Å². The van der Waals surface area contributed by atoms with Gasteiger partial charge >= 0.3 is 0 Å². The molecule has 2 N–H and O–H groups in total. The highest BCUT2D eigenvalue weighted by atomic mass is 35.5. The summed E-state index contributed by atoms with van der Waals surface area (Å²) in [5, 5.41) is 0. The van der Waals surface area contributed by atoms with Gasteiger partial charge < -0.3 is 5.73 Å². The third-order valence-electron chi connectivity index (χ3n) is 3.36. The lowest BCUT2D eigenvalue weighted by Crippen LogP contribution is -2.40. The number of piperidine rings is 1. The van der Waals surface area contributed by atoms with Gasteiger partial charge in [0.25, 0.3) is 0 Å². The van der Waals surface area contributed by atoms with Crippen LogP contribution in [0.5, 0.6) is 0 Å². The highest BCUT2D eigenvalue weighted by Gasteiger charge is 2.30. The molecule has 1 aromatic rings. The quantitative estimate of drug-likeness (QED) is 0.922. The molecule has 0 atom stereocenters.